The van der Waals surface area contributed by atoms with E-state index in [9.17, 15) is 4.79 Å². The van der Waals surface area contributed by atoms with Crippen LogP contribution in [-0.2, 0) is 9.53 Å². The maximum absolute atomic E-state index is 12.4. The molecule has 0 bridgehead atoms. The minimum absolute atomic E-state index is 0.0650. The number of esters is 1. The number of likely N-dealkylation sites (tertiary alicyclic amines) is 1. The fraction of sp³-hybridized carbons (Fsp3) is 0.938. The highest BCUT2D eigenvalue weighted by molar-refractivity contribution is 5.81. The van der Waals surface area contributed by atoms with E-state index in [0.717, 1.165) is 39.0 Å². The van der Waals surface area contributed by atoms with E-state index in [1.54, 1.807) is 0 Å². The van der Waals surface area contributed by atoms with Gasteiger partial charge in [0, 0.05) is 19.6 Å². The van der Waals surface area contributed by atoms with Crippen LogP contribution in [-0.4, -0.2) is 49.2 Å². The minimum atomic E-state index is -0.465. The second-order valence-corrected chi connectivity index (χ2v) is 6.77. The zero-order valence-corrected chi connectivity index (χ0v) is 13.9. The molecule has 0 aromatic heterocycles. The Morgan fingerprint density at radius 3 is 2.25 bits per heavy atom. The van der Waals surface area contributed by atoms with E-state index in [1.807, 2.05) is 6.92 Å². The van der Waals surface area contributed by atoms with E-state index >= 15 is 0 Å². The largest absolute Gasteiger partial charge is 0.465 e. The van der Waals surface area contributed by atoms with Crippen LogP contribution in [0.3, 0.4) is 0 Å². The molecule has 1 N–H and O–H groups in total. The van der Waals surface area contributed by atoms with Crippen LogP contribution in [0.15, 0.2) is 0 Å². The topological polar surface area (TPSA) is 41.6 Å². The van der Waals surface area contributed by atoms with Crippen molar-refractivity contribution in [1.29, 1.82) is 0 Å². The molecule has 1 rings (SSSR count). The summed E-state index contributed by atoms with van der Waals surface area (Å²) in [6, 6.07) is 0. The highest BCUT2D eigenvalue weighted by Gasteiger charge is 2.42. The lowest BCUT2D eigenvalue weighted by Crippen LogP contribution is -2.59. The van der Waals surface area contributed by atoms with Gasteiger partial charge in [-0.15, -0.1) is 0 Å². The van der Waals surface area contributed by atoms with Crippen molar-refractivity contribution in [2.75, 3.05) is 32.8 Å². The molecule has 1 fully saturated rings. The molecule has 1 saturated heterocycles. The van der Waals surface area contributed by atoms with Gasteiger partial charge in [0.15, 0.2) is 0 Å². The van der Waals surface area contributed by atoms with E-state index in [4.69, 9.17) is 4.74 Å². The smallest absolute Gasteiger partial charge is 0.326 e. The van der Waals surface area contributed by atoms with Crippen LogP contribution >= 0.6 is 0 Å². The van der Waals surface area contributed by atoms with Gasteiger partial charge in [-0.3, -0.25) is 4.79 Å². The van der Waals surface area contributed by atoms with Gasteiger partial charge in [-0.1, -0.05) is 27.7 Å². The van der Waals surface area contributed by atoms with Gasteiger partial charge in [-0.25, -0.2) is 0 Å². The van der Waals surface area contributed by atoms with Gasteiger partial charge in [0.05, 0.1) is 6.61 Å². The minimum Gasteiger partial charge on any atom is -0.465 e. The lowest BCUT2D eigenvalue weighted by molar-refractivity contribution is -0.153. The number of nitrogens with one attached hydrogen (secondary N) is 1. The Kier molecular flexibility index (Phi) is 6.96. The molecular formula is C16H32N2O2. The lowest BCUT2D eigenvalue weighted by atomic mass is 9.86. The van der Waals surface area contributed by atoms with E-state index in [-0.39, 0.29) is 5.97 Å². The van der Waals surface area contributed by atoms with E-state index in [1.165, 1.54) is 0 Å². The SMILES string of the molecule is CCOC(=O)C1(NCC(C)C)CCN(CC(C)C)CC1. The molecule has 1 aliphatic heterocycles. The summed E-state index contributed by atoms with van der Waals surface area (Å²) in [6.07, 6.45) is 1.70. The molecule has 0 atom stereocenters. The molecular weight excluding hydrogens is 252 g/mol. The monoisotopic (exact) mass is 284 g/mol. The van der Waals surface area contributed by atoms with E-state index < -0.39 is 5.54 Å². The number of carbonyl (C=O) groups is 1. The molecule has 0 spiro atoms. The van der Waals surface area contributed by atoms with Gasteiger partial charge in [0.2, 0.25) is 0 Å². The van der Waals surface area contributed by atoms with Crippen LogP contribution in [0.5, 0.6) is 0 Å². The van der Waals surface area contributed by atoms with Crippen LogP contribution in [0.25, 0.3) is 0 Å². The fourth-order valence-corrected chi connectivity index (χ4v) is 2.76. The predicted octanol–water partition coefficient (Wildman–Crippen LogP) is 2.29. The molecule has 4 heteroatoms. The first-order valence-electron chi connectivity index (χ1n) is 8.04. The van der Waals surface area contributed by atoms with Crippen LogP contribution in [0.4, 0.5) is 0 Å². The van der Waals surface area contributed by atoms with E-state index in [0.29, 0.717) is 18.4 Å². The molecule has 0 aromatic carbocycles. The van der Waals surface area contributed by atoms with E-state index in [2.05, 4.69) is 37.9 Å². The molecule has 0 unspecified atom stereocenters. The molecule has 20 heavy (non-hydrogen) atoms. The van der Waals surface area contributed by atoms with Gasteiger partial charge >= 0.3 is 5.97 Å². The van der Waals surface area contributed by atoms with Gasteiger partial charge in [-0.2, -0.15) is 0 Å². The number of hydrogen-bond acceptors (Lipinski definition) is 4. The van der Waals surface area contributed by atoms with Crippen LogP contribution in [0.2, 0.25) is 0 Å². The highest BCUT2D eigenvalue weighted by atomic mass is 16.5. The number of rotatable bonds is 7. The summed E-state index contributed by atoms with van der Waals surface area (Å²) in [4.78, 5) is 14.8. The summed E-state index contributed by atoms with van der Waals surface area (Å²) in [5.41, 5.74) is -0.465. The van der Waals surface area contributed by atoms with Gasteiger partial charge in [-0.05, 0) is 38.1 Å². The summed E-state index contributed by atoms with van der Waals surface area (Å²) in [7, 11) is 0. The fourth-order valence-electron chi connectivity index (χ4n) is 2.76. The van der Waals surface area contributed by atoms with Crippen molar-refractivity contribution >= 4 is 5.97 Å². The van der Waals surface area contributed by atoms with Crippen LogP contribution < -0.4 is 5.32 Å². The molecule has 1 heterocycles. The number of ether oxygens (including phenoxy) is 1. The van der Waals surface area contributed by atoms with Gasteiger partial charge in [0.1, 0.15) is 5.54 Å². The summed E-state index contributed by atoms with van der Waals surface area (Å²) >= 11 is 0. The third kappa shape index (κ3) is 5.06. The molecule has 118 valence electrons. The quantitative estimate of drug-likeness (QED) is 0.728. The predicted molar refractivity (Wildman–Crippen MR) is 82.7 cm³/mol. The first-order valence-corrected chi connectivity index (χ1v) is 8.04. The zero-order chi connectivity index (χ0) is 15.2. The number of hydrogen-bond donors (Lipinski definition) is 1. The number of nitrogens with zero attached hydrogens (tertiary/aromatic N) is 1. The van der Waals surface area contributed by atoms with Crippen molar-refractivity contribution in [3.63, 3.8) is 0 Å². The molecule has 0 aliphatic carbocycles. The average Bonchev–Trinajstić information content (AvgIpc) is 2.38. The van der Waals surface area contributed by atoms with Crippen molar-refractivity contribution in [1.82, 2.24) is 10.2 Å². The van der Waals surface area contributed by atoms with Gasteiger partial charge < -0.3 is 15.0 Å². The number of piperidine rings is 1. The van der Waals surface area contributed by atoms with Crippen LogP contribution in [0.1, 0.15) is 47.5 Å². The van der Waals surface area contributed by atoms with Crippen molar-refractivity contribution in [3.05, 3.63) is 0 Å². The summed E-state index contributed by atoms with van der Waals surface area (Å²) in [5, 5.41) is 3.49. The van der Waals surface area contributed by atoms with Gasteiger partial charge in [0.25, 0.3) is 0 Å². The van der Waals surface area contributed by atoms with Crippen molar-refractivity contribution < 1.29 is 9.53 Å². The lowest BCUT2D eigenvalue weighted by Gasteiger charge is -2.41. The molecule has 0 radical (unpaired) electrons. The Hall–Kier alpha value is -0.610. The molecule has 0 amide bonds. The third-order valence-corrected chi connectivity index (χ3v) is 3.85. The second-order valence-electron chi connectivity index (χ2n) is 6.77. The maximum Gasteiger partial charge on any atom is 0.326 e. The Labute approximate surface area is 124 Å². The Balaban J connectivity index is 2.64. The summed E-state index contributed by atoms with van der Waals surface area (Å²) in [6.45, 7) is 15.1. The summed E-state index contributed by atoms with van der Waals surface area (Å²) in [5.74, 6) is 1.15. The standard InChI is InChI=1S/C16H32N2O2/c1-6-20-15(19)16(17-11-13(2)3)7-9-18(10-8-16)12-14(4)5/h13-14,17H,6-12H2,1-5H3. The Morgan fingerprint density at radius 1 is 1.20 bits per heavy atom. The average molecular weight is 284 g/mol. The van der Waals surface area contributed by atoms with Crippen molar-refractivity contribution in [2.24, 2.45) is 11.8 Å². The molecule has 1 aliphatic rings. The van der Waals surface area contributed by atoms with Crippen molar-refractivity contribution in [2.45, 2.75) is 53.0 Å². The first kappa shape index (κ1) is 17.4. The zero-order valence-electron chi connectivity index (χ0n) is 13.9. The highest BCUT2D eigenvalue weighted by Crippen LogP contribution is 2.25. The number of carbonyl (C=O) groups excluding carboxylic acids is 1. The molecule has 0 aromatic rings. The molecule has 0 saturated carbocycles. The Morgan fingerprint density at radius 2 is 1.80 bits per heavy atom. The normalized spacial score (nSPS) is 19.6. The van der Waals surface area contributed by atoms with Crippen molar-refractivity contribution in [3.8, 4) is 0 Å². The Bertz CT molecular complexity index is 295. The van der Waals surface area contributed by atoms with Crippen LogP contribution in [0, 0.1) is 11.8 Å². The maximum atomic E-state index is 12.4. The summed E-state index contributed by atoms with van der Waals surface area (Å²) < 4.78 is 5.31. The molecule has 4 nitrogen and oxygen atoms in total. The first-order chi connectivity index (χ1) is 9.39. The second kappa shape index (κ2) is 7.99. The third-order valence-electron chi connectivity index (χ3n) is 3.85.